The summed E-state index contributed by atoms with van der Waals surface area (Å²) >= 11 is 6.18. The summed E-state index contributed by atoms with van der Waals surface area (Å²) in [5, 5.41) is 4.82. The number of nitrogen functional groups attached to an aromatic ring is 1. The van der Waals surface area contributed by atoms with Crippen molar-refractivity contribution >= 4 is 23.3 Å². The van der Waals surface area contributed by atoms with Crippen LogP contribution in [0.2, 0.25) is 5.02 Å². The molecule has 0 aliphatic rings. The third-order valence-corrected chi connectivity index (χ3v) is 3.79. The van der Waals surface area contributed by atoms with E-state index in [1.54, 1.807) is 22.9 Å². The van der Waals surface area contributed by atoms with Crippen LogP contribution < -0.4 is 5.73 Å². The molecule has 0 spiro atoms. The lowest BCUT2D eigenvalue weighted by Crippen LogP contribution is -2.10. The second kappa shape index (κ2) is 6.18. The number of ether oxygens (including phenoxy) is 1. The van der Waals surface area contributed by atoms with Gasteiger partial charge in [-0.05, 0) is 44.5 Å². The van der Waals surface area contributed by atoms with E-state index in [9.17, 15) is 4.79 Å². The second-order valence-corrected chi connectivity index (χ2v) is 5.19. The number of nitrogens with two attached hydrogens (primary N) is 1. The maximum atomic E-state index is 12.1. The Bertz CT molecular complexity index is 680. The SMILES string of the molecule is CCn1nc(C)c(Cl)c1COC(=O)c1ccc(N)c(C)c1. The van der Waals surface area contributed by atoms with Gasteiger partial charge in [0.1, 0.15) is 6.61 Å². The number of aromatic nitrogens is 2. The molecule has 2 N–H and O–H groups in total. The molecule has 0 saturated carbocycles. The molecule has 0 amide bonds. The average Bonchev–Trinajstić information content (AvgIpc) is 2.74. The first-order valence-corrected chi connectivity index (χ1v) is 7.06. The Morgan fingerprint density at radius 2 is 2.14 bits per heavy atom. The molecule has 2 rings (SSSR count). The molecule has 1 aromatic heterocycles. The normalized spacial score (nSPS) is 10.7. The molecule has 0 saturated heterocycles. The fourth-order valence-corrected chi connectivity index (χ4v) is 2.22. The van der Waals surface area contributed by atoms with Crippen LogP contribution in [0.1, 0.15) is 34.2 Å². The van der Waals surface area contributed by atoms with Crippen molar-refractivity contribution in [1.29, 1.82) is 0 Å². The molecule has 1 aromatic carbocycles. The number of carbonyl (C=O) groups excluding carboxylic acids is 1. The van der Waals surface area contributed by atoms with Crippen LogP contribution in [0.25, 0.3) is 0 Å². The van der Waals surface area contributed by atoms with Crippen LogP contribution in [0.15, 0.2) is 18.2 Å². The third-order valence-electron chi connectivity index (χ3n) is 3.30. The highest BCUT2D eigenvalue weighted by atomic mass is 35.5. The van der Waals surface area contributed by atoms with Crippen LogP contribution in [0.4, 0.5) is 5.69 Å². The van der Waals surface area contributed by atoms with E-state index in [2.05, 4.69) is 5.10 Å². The van der Waals surface area contributed by atoms with Crippen LogP contribution in [-0.2, 0) is 17.9 Å². The summed E-state index contributed by atoms with van der Waals surface area (Å²) in [7, 11) is 0. The predicted octanol–water partition coefficient (Wildman–Crippen LogP) is 3.11. The van der Waals surface area contributed by atoms with Crippen LogP contribution >= 0.6 is 11.6 Å². The lowest BCUT2D eigenvalue weighted by atomic mass is 10.1. The molecular formula is C15H18ClN3O2. The van der Waals surface area contributed by atoms with Crippen molar-refractivity contribution in [3.05, 3.63) is 45.7 Å². The lowest BCUT2D eigenvalue weighted by molar-refractivity contribution is 0.0462. The van der Waals surface area contributed by atoms with Gasteiger partial charge in [0.05, 0.1) is 22.0 Å². The van der Waals surface area contributed by atoms with Crippen LogP contribution in [0.3, 0.4) is 0 Å². The maximum Gasteiger partial charge on any atom is 0.338 e. The molecule has 0 bridgehead atoms. The fraction of sp³-hybridized carbons (Fsp3) is 0.333. The van der Waals surface area contributed by atoms with E-state index in [0.29, 0.717) is 28.5 Å². The van der Waals surface area contributed by atoms with E-state index in [4.69, 9.17) is 22.1 Å². The highest BCUT2D eigenvalue weighted by Gasteiger charge is 2.15. The Labute approximate surface area is 128 Å². The van der Waals surface area contributed by atoms with Crippen molar-refractivity contribution in [3.63, 3.8) is 0 Å². The van der Waals surface area contributed by atoms with Crippen LogP contribution in [0.5, 0.6) is 0 Å². The quantitative estimate of drug-likeness (QED) is 0.696. The predicted molar refractivity (Wildman–Crippen MR) is 82.4 cm³/mol. The van der Waals surface area contributed by atoms with Gasteiger partial charge in [-0.25, -0.2) is 4.79 Å². The summed E-state index contributed by atoms with van der Waals surface area (Å²) in [5.41, 5.74) is 9.13. The van der Waals surface area contributed by atoms with Gasteiger partial charge < -0.3 is 10.5 Å². The summed E-state index contributed by atoms with van der Waals surface area (Å²) in [6.07, 6.45) is 0. The van der Waals surface area contributed by atoms with Crippen molar-refractivity contribution in [3.8, 4) is 0 Å². The minimum Gasteiger partial charge on any atom is -0.456 e. The van der Waals surface area contributed by atoms with Gasteiger partial charge in [0.15, 0.2) is 0 Å². The van der Waals surface area contributed by atoms with Crippen LogP contribution in [0, 0.1) is 13.8 Å². The van der Waals surface area contributed by atoms with Gasteiger partial charge >= 0.3 is 5.97 Å². The molecule has 2 aromatic rings. The van der Waals surface area contributed by atoms with Crippen LogP contribution in [-0.4, -0.2) is 15.7 Å². The standard InChI is InChI=1S/C15H18ClN3O2/c1-4-19-13(14(16)10(3)18-19)8-21-15(20)11-5-6-12(17)9(2)7-11/h5-7H,4,8,17H2,1-3H3. The summed E-state index contributed by atoms with van der Waals surface area (Å²) in [6, 6.07) is 5.05. The molecular weight excluding hydrogens is 290 g/mol. The Balaban J connectivity index is 2.12. The zero-order valence-electron chi connectivity index (χ0n) is 12.3. The Morgan fingerprint density at radius 3 is 2.76 bits per heavy atom. The monoisotopic (exact) mass is 307 g/mol. The molecule has 0 atom stereocenters. The number of carbonyl (C=O) groups is 1. The van der Waals surface area contributed by atoms with E-state index in [-0.39, 0.29) is 6.61 Å². The van der Waals surface area contributed by atoms with Crippen molar-refractivity contribution < 1.29 is 9.53 Å². The summed E-state index contributed by atoms with van der Waals surface area (Å²) in [5.74, 6) is -0.407. The summed E-state index contributed by atoms with van der Waals surface area (Å²) in [6.45, 7) is 6.39. The van der Waals surface area contributed by atoms with Gasteiger partial charge in [-0.2, -0.15) is 5.10 Å². The molecule has 6 heteroatoms. The van der Waals surface area contributed by atoms with Gasteiger partial charge in [0.2, 0.25) is 0 Å². The van der Waals surface area contributed by atoms with Crippen molar-refractivity contribution in [2.24, 2.45) is 0 Å². The summed E-state index contributed by atoms with van der Waals surface area (Å²) < 4.78 is 7.06. The molecule has 112 valence electrons. The molecule has 0 aliphatic carbocycles. The lowest BCUT2D eigenvalue weighted by Gasteiger charge is -2.08. The fourth-order valence-electron chi connectivity index (χ4n) is 2.03. The molecule has 1 heterocycles. The number of nitrogens with zero attached hydrogens (tertiary/aromatic N) is 2. The number of esters is 1. The second-order valence-electron chi connectivity index (χ2n) is 4.81. The van der Waals surface area contributed by atoms with E-state index >= 15 is 0 Å². The van der Waals surface area contributed by atoms with Gasteiger partial charge in [0, 0.05) is 12.2 Å². The van der Waals surface area contributed by atoms with Crippen molar-refractivity contribution in [2.75, 3.05) is 5.73 Å². The number of halogens is 1. The highest BCUT2D eigenvalue weighted by molar-refractivity contribution is 6.31. The molecule has 0 radical (unpaired) electrons. The molecule has 0 unspecified atom stereocenters. The minimum atomic E-state index is -0.407. The number of hydrogen-bond acceptors (Lipinski definition) is 4. The third kappa shape index (κ3) is 3.19. The number of aryl methyl sites for hydroxylation is 3. The van der Waals surface area contributed by atoms with E-state index in [0.717, 1.165) is 11.3 Å². The largest absolute Gasteiger partial charge is 0.456 e. The van der Waals surface area contributed by atoms with E-state index in [1.165, 1.54) is 0 Å². The smallest absolute Gasteiger partial charge is 0.338 e. The number of benzene rings is 1. The van der Waals surface area contributed by atoms with Gasteiger partial charge in [0.25, 0.3) is 0 Å². The molecule has 5 nitrogen and oxygen atoms in total. The first-order chi connectivity index (χ1) is 9.93. The highest BCUT2D eigenvalue weighted by Crippen LogP contribution is 2.21. The average molecular weight is 308 g/mol. The number of anilines is 1. The van der Waals surface area contributed by atoms with Crippen molar-refractivity contribution in [2.45, 2.75) is 33.9 Å². The van der Waals surface area contributed by atoms with Gasteiger partial charge in [-0.15, -0.1) is 0 Å². The maximum absolute atomic E-state index is 12.1. The Morgan fingerprint density at radius 1 is 1.43 bits per heavy atom. The minimum absolute atomic E-state index is 0.0930. The summed E-state index contributed by atoms with van der Waals surface area (Å²) in [4.78, 5) is 12.1. The molecule has 21 heavy (non-hydrogen) atoms. The topological polar surface area (TPSA) is 70.1 Å². The Hall–Kier alpha value is -2.01. The number of rotatable bonds is 4. The van der Waals surface area contributed by atoms with Gasteiger partial charge in [-0.3, -0.25) is 4.68 Å². The van der Waals surface area contributed by atoms with Crippen molar-refractivity contribution in [1.82, 2.24) is 9.78 Å². The molecule has 0 aliphatic heterocycles. The zero-order valence-corrected chi connectivity index (χ0v) is 13.1. The van der Waals surface area contributed by atoms with Gasteiger partial charge in [-0.1, -0.05) is 11.6 Å². The molecule has 0 fully saturated rings. The zero-order chi connectivity index (χ0) is 15.6. The first kappa shape index (κ1) is 15.4. The van der Waals surface area contributed by atoms with E-state index in [1.807, 2.05) is 20.8 Å². The van der Waals surface area contributed by atoms with E-state index < -0.39 is 5.97 Å². The Kier molecular flexibility index (Phi) is 4.53. The number of hydrogen-bond donors (Lipinski definition) is 1. The first-order valence-electron chi connectivity index (χ1n) is 6.69.